The van der Waals surface area contributed by atoms with Crippen LogP contribution in [-0.2, 0) is 11.2 Å². The second-order valence-electron chi connectivity index (χ2n) is 4.94. The molecule has 2 rings (SSSR count). The van der Waals surface area contributed by atoms with Crippen molar-refractivity contribution in [3.8, 4) is 5.88 Å². The monoisotopic (exact) mass is 414 g/mol. The Labute approximate surface area is 150 Å². The van der Waals surface area contributed by atoms with E-state index in [-0.39, 0.29) is 23.6 Å². The minimum atomic E-state index is -2.67. The van der Waals surface area contributed by atoms with Crippen LogP contribution in [0.15, 0.2) is 41.0 Å². The smallest absolute Gasteiger partial charge is 0.335 e. The van der Waals surface area contributed by atoms with E-state index in [1.54, 1.807) is 6.07 Å². The van der Waals surface area contributed by atoms with Crippen LogP contribution in [0, 0.1) is 0 Å². The highest BCUT2D eigenvalue weighted by molar-refractivity contribution is 9.10. The normalized spacial score (nSPS) is 10.6. The van der Waals surface area contributed by atoms with Gasteiger partial charge in [-0.05, 0) is 39.7 Å². The lowest BCUT2D eigenvalue weighted by atomic mass is 10.1. The molecule has 0 bridgehead atoms. The number of carbonyl (C=O) groups is 2. The quantitative estimate of drug-likeness (QED) is 0.724. The summed E-state index contributed by atoms with van der Waals surface area (Å²) in [7, 11) is 0. The lowest BCUT2D eigenvalue weighted by Crippen LogP contribution is -2.17. The number of carboxylic acids is 1. The largest absolute Gasteiger partial charge is 0.478 e. The Morgan fingerprint density at radius 1 is 1.32 bits per heavy atom. The van der Waals surface area contributed by atoms with Gasteiger partial charge in [0.05, 0.1) is 12.0 Å². The molecule has 0 radical (unpaired) electrons. The molecule has 25 heavy (non-hydrogen) atoms. The van der Waals surface area contributed by atoms with Gasteiger partial charge < -0.3 is 15.2 Å². The average Bonchev–Trinajstić information content (AvgIpc) is 2.54. The number of ether oxygens (including phenoxy) is 1. The van der Waals surface area contributed by atoms with Gasteiger partial charge in [-0.25, -0.2) is 18.6 Å². The molecule has 132 valence electrons. The maximum absolute atomic E-state index is 12.3. The third-order valence-corrected chi connectivity index (χ3v) is 3.41. The number of carboxylic acid groups (broad SMARTS) is 1. The molecule has 1 aromatic carbocycles. The number of halogens is 3. The van der Waals surface area contributed by atoms with Crippen molar-refractivity contribution in [1.82, 2.24) is 4.98 Å². The minimum Gasteiger partial charge on any atom is -0.478 e. The van der Waals surface area contributed by atoms with Crippen molar-refractivity contribution in [3.05, 3.63) is 52.1 Å². The first-order chi connectivity index (χ1) is 11.8. The Bertz CT molecular complexity index is 786. The van der Waals surface area contributed by atoms with E-state index in [1.807, 2.05) is 0 Å². The van der Waals surface area contributed by atoms with E-state index >= 15 is 0 Å². The van der Waals surface area contributed by atoms with E-state index in [0.29, 0.717) is 10.0 Å². The molecule has 0 unspecified atom stereocenters. The third-order valence-electron chi connectivity index (χ3n) is 2.98. The van der Waals surface area contributed by atoms with E-state index in [1.165, 1.54) is 30.5 Å². The summed E-state index contributed by atoms with van der Waals surface area (Å²) in [5.41, 5.74) is 0.695. The first-order valence-corrected chi connectivity index (χ1v) is 7.83. The van der Waals surface area contributed by atoms with Crippen molar-refractivity contribution in [2.24, 2.45) is 0 Å². The van der Waals surface area contributed by atoms with Gasteiger partial charge in [0.25, 0.3) is 6.43 Å². The van der Waals surface area contributed by atoms with E-state index in [9.17, 15) is 18.4 Å². The number of pyridine rings is 1. The molecule has 0 aliphatic heterocycles. The fraction of sp³-hybridized carbons (Fsp3) is 0.188. The van der Waals surface area contributed by atoms with Crippen LogP contribution < -0.4 is 10.1 Å². The van der Waals surface area contributed by atoms with Crippen molar-refractivity contribution in [2.45, 2.75) is 12.8 Å². The number of aromatic nitrogens is 1. The van der Waals surface area contributed by atoms with Crippen LogP contribution in [0.5, 0.6) is 5.88 Å². The number of benzene rings is 1. The van der Waals surface area contributed by atoms with Crippen LogP contribution >= 0.6 is 15.9 Å². The molecule has 2 N–H and O–H groups in total. The topological polar surface area (TPSA) is 88.5 Å². The summed E-state index contributed by atoms with van der Waals surface area (Å²) in [6.07, 6.45) is -1.41. The minimum absolute atomic E-state index is 0.0652. The zero-order chi connectivity index (χ0) is 18.4. The molecule has 9 heteroatoms. The highest BCUT2D eigenvalue weighted by atomic mass is 79.9. The Kier molecular flexibility index (Phi) is 6.40. The number of amides is 1. The van der Waals surface area contributed by atoms with Crippen molar-refractivity contribution in [1.29, 1.82) is 0 Å². The SMILES string of the molecule is O=C(Cc1cccc(C(=O)O)c1)Nc1cc(Br)cnc1OCC(F)F. The second kappa shape index (κ2) is 8.52. The molecular formula is C16H13BrF2N2O4. The standard InChI is InChI=1S/C16H13BrF2N2O4/c17-11-6-12(15(20-7-11)25-8-13(18)19)21-14(22)5-9-2-1-3-10(4-9)16(23)24/h1-4,6-7,13H,5,8H2,(H,21,22)(H,23,24). The number of alkyl halides is 2. The second-order valence-corrected chi connectivity index (χ2v) is 5.85. The average molecular weight is 415 g/mol. The molecule has 0 atom stereocenters. The number of hydrogen-bond donors (Lipinski definition) is 2. The van der Waals surface area contributed by atoms with Gasteiger partial charge in [-0.1, -0.05) is 12.1 Å². The molecule has 1 aromatic heterocycles. The Hall–Kier alpha value is -2.55. The number of rotatable bonds is 7. The highest BCUT2D eigenvalue weighted by Crippen LogP contribution is 2.26. The van der Waals surface area contributed by atoms with Crippen molar-refractivity contribution < 1.29 is 28.2 Å². The van der Waals surface area contributed by atoms with Crippen LogP contribution in [0.2, 0.25) is 0 Å². The summed E-state index contributed by atoms with van der Waals surface area (Å²) in [5, 5.41) is 11.5. The molecule has 0 spiro atoms. The molecule has 0 saturated carbocycles. The van der Waals surface area contributed by atoms with Crippen molar-refractivity contribution >= 4 is 33.5 Å². The molecule has 6 nitrogen and oxygen atoms in total. The van der Waals surface area contributed by atoms with Crippen LogP contribution in [0.25, 0.3) is 0 Å². The summed E-state index contributed by atoms with van der Waals surface area (Å²) >= 11 is 3.18. The molecule has 0 aliphatic rings. The highest BCUT2D eigenvalue weighted by Gasteiger charge is 2.14. The molecule has 2 aromatic rings. The van der Waals surface area contributed by atoms with Gasteiger partial charge >= 0.3 is 5.97 Å². The summed E-state index contributed by atoms with van der Waals surface area (Å²) in [6.45, 7) is -0.849. The number of aromatic carboxylic acids is 1. The Morgan fingerprint density at radius 3 is 2.76 bits per heavy atom. The Balaban J connectivity index is 2.10. The van der Waals surface area contributed by atoms with E-state index in [4.69, 9.17) is 9.84 Å². The summed E-state index contributed by atoms with van der Waals surface area (Å²) in [5.74, 6) is -1.69. The Morgan fingerprint density at radius 2 is 2.08 bits per heavy atom. The van der Waals surface area contributed by atoms with Gasteiger partial charge in [-0.2, -0.15) is 0 Å². The predicted octanol–water partition coefficient (Wildman–Crippen LogP) is 3.37. The van der Waals surface area contributed by atoms with E-state index in [2.05, 4.69) is 26.2 Å². The molecule has 0 aliphatic carbocycles. The molecule has 0 saturated heterocycles. The third kappa shape index (κ3) is 5.79. The van der Waals surface area contributed by atoms with Crippen LogP contribution in [0.1, 0.15) is 15.9 Å². The lowest BCUT2D eigenvalue weighted by molar-refractivity contribution is -0.115. The van der Waals surface area contributed by atoms with E-state index < -0.39 is 24.9 Å². The van der Waals surface area contributed by atoms with Crippen LogP contribution in [0.4, 0.5) is 14.5 Å². The first kappa shape index (κ1) is 18.8. The number of hydrogen-bond acceptors (Lipinski definition) is 4. The van der Waals surface area contributed by atoms with Gasteiger partial charge in [-0.15, -0.1) is 0 Å². The van der Waals surface area contributed by atoms with Gasteiger partial charge in [0, 0.05) is 10.7 Å². The van der Waals surface area contributed by atoms with Gasteiger partial charge in [0.15, 0.2) is 6.61 Å². The first-order valence-electron chi connectivity index (χ1n) is 7.03. The number of carbonyl (C=O) groups excluding carboxylic acids is 1. The van der Waals surface area contributed by atoms with Gasteiger partial charge in [-0.3, -0.25) is 4.79 Å². The maximum Gasteiger partial charge on any atom is 0.335 e. The fourth-order valence-corrected chi connectivity index (χ4v) is 2.30. The number of anilines is 1. The summed E-state index contributed by atoms with van der Waals surface area (Å²) in [6, 6.07) is 7.41. The van der Waals surface area contributed by atoms with Gasteiger partial charge in [0.1, 0.15) is 5.69 Å². The van der Waals surface area contributed by atoms with Crippen molar-refractivity contribution in [3.63, 3.8) is 0 Å². The molecule has 1 amide bonds. The molecular weight excluding hydrogens is 402 g/mol. The fourth-order valence-electron chi connectivity index (χ4n) is 1.97. The predicted molar refractivity (Wildman–Crippen MR) is 89.2 cm³/mol. The number of nitrogens with zero attached hydrogens (tertiary/aromatic N) is 1. The number of nitrogens with one attached hydrogen (secondary N) is 1. The zero-order valence-corrected chi connectivity index (χ0v) is 14.3. The molecule has 0 fully saturated rings. The van der Waals surface area contributed by atoms with Crippen LogP contribution in [-0.4, -0.2) is 35.0 Å². The molecule has 1 heterocycles. The lowest BCUT2D eigenvalue weighted by Gasteiger charge is -2.12. The van der Waals surface area contributed by atoms with Gasteiger partial charge in [0.2, 0.25) is 11.8 Å². The van der Waals surface area contributed by atoms with E-state index in [0.717, 1.165) is 0 Å². The summed E-state index contributed by atoms with van der Waals surface area (Å²) in [4.78, 5) is 27.0. The zero-order valence-electron chi connectivity index (χ0n) is 12.7. The van der Waals surface area contributed by atoms with Crippen LogP contribution in [0.3, 0.4) is 0 Å². The van der Waals surface area contributed by atoms with Crippen molar-refractivity contribution in [2.75, 3.05) is 11.9 Å². The maximum atomic E-state index is 12.3. The summed E-state index contributed by atoms with van der Waals surface area (Å²) < 4.78 is 30.0.